The monoisotopic (exact) mass is 405 g/mol. The molecule has 0 aromatic heterocycles. The normalized spacial score (nSPS) is 11.2. The van der Waals surface area contributed by atoms with Crippen molar-refractivity contribution in [3.05, 3.63) is 71.8 Å². The molecule has 0 aliphatic rings. The highest BCUT2D eigenvalue weighted by Gasteiger charge is 2.12. The second kappa shape index (κ2) is 9.09. The Kier molecular flexibility index (Phi) is 6.32. The molecule has 7 nitrogen and oxygen atoms in total. The van der Waals surface area contributed by atoms with Gasteiger partial charge in [-0.15, -0.1) is 0 Å². The highest BCUT2D eigenvalue weighted by atomic mass is 16.5. The number of phenols is 1. The van der Waals surface area contributed by atoms with Gasteiger partial charge in [-0.1, -0.05) is 24.3 Å². The van der Waals surface area contributed by atoms with Crippen molar-refractivity contribution in [2.24, 2.45) is 5.10 Å². The van der Waals surface area contributed by atoms with E-state index in [0.717, 1.165) is 16.3 Å². The molecule has 0 heterocycles. The molecule has 154 valence electrons. The molecule has 0 atom stereocenters. The Balaban J connectivity index is 1.66. The maximum Gasteiger partial charge on any atom is 0.275 e. The Morgan fingerprint density at radius 3 is 2.30 bits per heavy atom. The van der Waals surface area contributed by atoms with Crippen molar-refractivity contribution in [2.45, 2.75) is 6.92 Å². The van der Waals surface area contributed by atoms with Crippen molar-refractivity contribution in [3.63, 3.8) is 0 Å². The summed E-state index contributed by atoms with van der Waals surface area (Å²) in [6.45, 7) is 1.72. The summed E-state index contributed by atoms with van der Waals surface area (Å²) in [4.78, 5) is 25.5. The maximum atomic E-state index is 12.5. The van der Waals surface area contributed by atoms with E-state index in [4.69, 9.17) is 4.74 Å². The molecule has 2 amide bonds. The third-order valence-electron chi connectivity index (χ3n) is 4.57. The largest absolute Gasteiger partial charge is 0.507 e. The average molecular weight is 405 g/mol. The lowest BCUT2D eigenvalue weighted by molar-refractivity contribution is -0.130. The quantitative estimate of drug-likeness (QED) is 0.487. The van der Waals surface area contributed by atoms with Gasteiger partial charge in [0.25, 0.3) is 11.8 Å². The van der Waals surface area contributed by atoms with Crippen molar-refractivity contribution >= 4 is 28.3 Å². The number of aromatic hydroxyl groups is 1. The lowest BCUT2D eigenvalue weighted by Gasteiger charge is -2.11. The number of ether oxygens (including phenoxy) is 1. The summed E-state index contributed by atoms with van der Waals surface area (Å²) in [7, 11) is 3.33. The molecule has 0 spiro atoms. The Bertz CT molecular complexity index is 1110. The molecule has 30 heavy (non-hydrogen) atoms. The van der Waals surface area contributed by atoms with E-state index >= 15 is 0 Å². The summed E-state index contributed by atoms with van der Waals surface area (Å²) in [6, 6.07) is 17.7. The van der Waals surface area contributed by atoms with E-state index in [1.165, 1.54) is 4.90 Å². The van der Waals surface area contributed by atoms with Gasteiger partial charge in [-0.3, -0.25) is 9.59 Å². The zero-order valence-electron chi connectivity index (χ0n) is 17.0. The van der Waals surface area contributed by atoms with E-state index in [1.807, 2.05) is 24.3 Å². The van der Waals surface area contributed by atoms with Crippen LogP contribution in [0.15, 0.2) is 65.8 Å². The number of fused-ring (bicyclic) bond motifs is 1. The Morgan fingerprint density at radius 2 is 1.67 bits per heavy atom. The lowest BCUT2D eigenvalue weighted by Crippen LogP contribution is -2.27. The number of phenolic OH excluding ortho intramolecular Hbond substituents is 1. The van der Waals surface area contributed by atoms with Gasteiger partial charge in [-0.2, -0.15) is 5.10 Å². The van der Waals surface area contributed by atoms with E-state index in [2.05, 4.69) is 10.5 Å². The molecule has 3 aromatic carbocycles. The van der Waals surface area contributed by atoms with Gasteiger partial charge in [0, 0.05) is 14.1 Å². The van der Waals surface area contributed by atoms with Crippen LogP contribution in [-0.2, 0) is 4.79 Å². The second-order valence-corrected chi connectivity index (χ2v) is 6.96. The Hall–Kier alpha value is -3.87. The van der Waals surface area contributed by atoms with Crippen LogP contribution in [0.25, 0.3) is 10.8 Å². The van der Waals surface area contributed by atoms with Crippen molar-refractivity contribution in [1.29, 1.82) is 0 Å². The van der Waals surface area contributed by atoms with Gasteiger partial charge < -0.3 is 14.7 Å². The van der Waals surface area contributed by atoms with Gasteiger partial charge in [0.15, 0.2) is 6.61 Å². The molecule has 0 aliphatic carbocycles. The molecular formula is C23H23N3O4. The molecule has 0 aliphatic heterocycles. The lowest BCUT2D eigenvalue weighted by atomic mass is 10.1. The third kappa shape index (κ3) is 4.94. The van der Waals surface area contributed by atoms with E-state index in [0.29, 0.717) is 11.5 Å². The van der Waals surface area contributed by atoms with Crippen LogP contribution in [0, 0.1) is 0 Å². The number of benzene rings is 3. The number of hydrogen-bond donors (Lipinski definition) is 2. The number of carbonyl (C=O) groups excluding carboxylic acids is 2. The first-order chi connectivity index (χ1) is 14.3. The minimum atomic E-state index is -0.500. The van der Waals surface area contributed by atoms with Crippen molar-refractivity contribution in [1.82, 2.24) is 10.3 Å². The van der Waals surface area contributed by atoms with Crippen LogP contribution >= 0.6 is 0 Å². The first-order valence-electron chi connectivity index (χ1n) is 9.35. The fourth-order valence-electron chi connectivity index (χ4n) is 2.74. The minimum absolute atomic E-state index is 0.0370. The van der Waals surface area contributed by atoms with Gasteiger partial charge in [0.2, 0.25) is 0 Å². The minimum Gasteiger partial charge on any atom is -0.507 e. The number of nitrogens with zero attached hydrogens (tertiary/aromatic N) is 2. The van der Waals surface area contributed by atoms with Crippen molar-refractivity contribution in [2.75, 3.05) is 20.7 Å². The predicted molar refractivity (Wildman–Crippen MR) is 116 cm³/mol. The fraction of sp³-hybridized carbons (Fsp3) is 0.174. The second-order valence-electron chi connectivity index (χ2n) is 6.96. The topological polar surface area (TPSA) is 91.2 Å². The SMILES string of the molecule is CC(=NNC(=O)c1cc2ccccc2cc1O)c1ccc(OCC(=O)N(C)C)cc1. The number of hydrogen-bond acceptors (Lipinski definition) is 5. The summed E-state index contributed by atoms with van der Waals surface area (Å²) in [6.07, 6.45) is 0. The summed E-state index contributed by atoms with van der Waals surface area (Å²) >= 11 is 0. The van der Waals surface area contributed by atoms with Gasteiger partial charge in [0.1, 0.15) is 11.5 Å². The molecule has 3 rings (SSSR count). The van der Waals surface area contributed by atoms with Crippen LogP contribution < -0.4 is 10.2 Å². The highest BCUT2D eigenvalue weighted by molar-refractivity contribution is 6.03. The van der Waals surface area contributed by atoms with Crippen LogP contribution in [0.1, 0.15) is 22.8 Å². The third-order valence-corrected chi connectivity index (χ3v) is 4.57. The average Bonchev–Trinajstić information content (AvgIpc) is 2.75. The van der Waals surface area contributed by atoms with Gasteiger partial charge in [0.05, 0.1) is 11.3 Å². The number of nitrogens with one attached hydrogen (secondary N) is 1. The van der Waals surface area contributed by atoms with E-state index in [9.17, 15) is 14.7 Å². The standard InChI is InChI=1S/C23H23N3O4/c1-15(16-8-10-19(11-9-16)30-14-22(28)26(2)3)24-25-23(29)20-12-17-6-4-5-7-18(17)13-21(20)27/h4-13,27H,14H2,1-3H3,(H,25,29). The zero-order chi connectivity index (χ0) is 21.7. The van der Waals surface area contributed by atoms with Gasteiger partial charge in [-0.25, -0.2) is 5.43 Å². The number of likely N-dealkylation sites (N-methyl/N-ethyl adjacent to an activating group) is 1. The molecule has 0 fully saturated rings. The molecule has 7 heteroatoms. The number of amides is 2. The number of carbonyl (C=O) groups is 2. The van der Waals surface area contributed by atoms with E-state index in [-0.39, 0.29) is 23.8 Å². The smallest absolute Gasteiger partial charge is 0.275 e. The Labute approximate surface area is 174 Å². The molecule has 2 N–H and O–H groups in total. The molecule has 3 aromatic rings. The molecule has 0 radical (unpaired) electrons. The fourth-order valence-corrected chi connectivity index (χ4v) is 2.74. The van der Waals surface area contributed by atoms with E-state index < -0.39 is 5.91 Å². The van der Waals surface area contributed by atoms with Gasteiger partial charge in [-0.05, 0) is 59.7 Å². The summed E-state index contributed by atoms with van der Waals surface area (Å²) < 4.78 is 5.44. The zero-order valence-corrected chi connectivity index (χ0v) is 17.0. The number of rotatable bonds is 6. The van der Waals surface area contributed by atoms with Crippen LogP contribution in [0.4, 0.5) is 0 Å². The molecule has 0 bridgehead atoms. The van der Waals surface area contributed by atoms with Crippen molar-refractivity contribution in [3.8, 4) is 11.5 Å². The summed E-state index contributed by atoms with van der Waals surface area (Å²) in [5, 5.41) is 16.0. The van der Waals surface area contributed by atoms with Crippen LogP contribution in [0.5, 0.6) is 11.5 Å². The highest BCUT2D eigenvalue weighted by Crippen LogP contribution is 2.24. The predicted octanol–water partition coefficient (Wildman–Crippen LogP) is 3.17. The first kappa shape index (κ1) is 20.9. The summed E-state index contributed by atoms with van der Waals surface area (Å²) in [5.41, 5.74) is 3.99. The summed E-state index contributed by atoms with van der Waals surface area (Å²) in [5.74, 6) is -0.170. The van der Waals surface area contributed by atoms with Gasteiger partial charge >= 0.3 is 0 Å². The Morgan fingerprint density at radius 1 is 1.03 bits per heavy atom. The molecule has 0 unspecified atom stereocenters. The maximum absolute atomic E-state index is 12.5. The van der Waals surface area contributed by atoms with E-state index in [1.54, 1.807) is 57.4 Å². The van der Waals surface area contributed by atoms with Crippen molar-refractivity contribution < 1.29 is 19.4 Å². The molecule has 0 saturated carbocycles. The van der Waals surface area contributed by atoms with Crippen LogP contribution in [0.2, 0.25) is 0 Å². The molecule has 0 saturated heterocycles. The van der Waals surface area contributed by atoms with Crippen LogP contribution in [0.3, 0.4) is 0 Å². The van der Waals surface area contributed by atoms with Crippen LogP contribution in [-0.4, -0.2) is 48.2 Å². The number of hydrazone groups is 1. The first-order valence-corrected chi connectivity index (χ1v) is 9.35. The molecular weight excluding hydrogens is 382 g/mol.